The molecule has 0 aliphatic heterocycles. The summed E-state index contributed by atoms with van der Waals surface area (Å²) in [5, 5.41) is 15.2. The van der Waals surface area contributed by atoms with E-state index >= 15 is 0 Å². The maximum Gasteiger partial charge on any atom is 0.490 e. The monoisotopic (exact) mass is 206 g/mol. The SMILES string of the molecule is CCCCO.O.O=C(O)C(F)(F)F. The van der Waals surface area contributed by atoms with Crippen molar-refractivity contribution in [3.63, 3.8) is 0 Å². The highest BCUT2D eigenvalue weighted by Gasteiger charge is 2.38. The standard InChI is InChI=1S/C4H10O.C2HF3O2.H2O/c1-2-3-4-5;3-2(4,5)1(6)7;/h5H,2-4H2,1H3;(H,6,7);1H2. The molecule has 0 aromatic carbocycles. The number of halogens is 3. The molecule has 0 heterocycles. The van der Waals surface area contributed by atoms with Gasteiger partial charge in [-0.3, -0.25) is 0 Å². The minimum absolute atomic E-state index is 0. The lowest BCUT2D eigenvalue weighted by atomic mass is 10.4. The number of alkyl halides is 3. The van der Waals surface area contributed by atoms with Gasteiger partial charge in [0.2, 0.25) is 0 Å². The molecule has 0 fully saturated rings. The van der Waals surface area contributed by atoms with E-state index in [2.05, 4.69) is 6.92 Å². The van der Waals surface area contributed by atoms with Crippen molar-refractivity contribution in [2.45, 2.75) is 25.9 Å². The number of hydrogen-bond acceptors (Lipinski definition) is 2. The van der Waals surface area contributed by atoms with Gasteiger partial charge >= 0.3 is 12.1 Å². The van der Waals surface area contributed by atoms with Gasteiger partial charge in [0.25, 0.3) is 0 Å². The van der Waals surface area contributed by atoms with Crippen LogP contribution in [0.15, 0.2) is 0 Å². The summed E-state index contributed by atoms with van der Waals surface area (Å²) >= 11 is 0. The first kappa shape index (κ1) is 18.1. The summed E-state index contributed by atoms with van der Waals surface area (Å²) in [5.74, 6) is -2.76. The van der Waals surface area contributed by atoms with Crippen LogP contribution in [0.1, 0.15) is 19.8 Å². The summed E-state index contributed by atoms with van der Waals surface area (Å²) in [4.78, 5) is 8.90. The van der Waals surface area contributed by atoms with Gasteiger partial charge in [-0.05, 0) is 6.42 Å². The van der Waals surface area contributed by atoms with E-state index in [0.717, 1.165) is 12.8 Å². The molecule has 4 N–H and O–H groups in total. The summed E-state index contributed by atoms with van der Waals surface area (Å²) < 4.78 is 31.7. The van der Waals surface area contributed by atoms with E-state index in [1.807, 2.05) is 0 Å². The Kier molecular flexibility index (Phi) is 12.9. The van der Waals surface area contributed by atoms with Crippen molar-refractivity contribution < 1.29 is 33.7 Å². The Morgan fingerprint density at radius 3 is 1.69 bits per heavy atom. The van der Waals surface area contributed by atoms with Crippen molar-refractivity contribution in [3.05, 3.63) is 0 Å². The molecule has 0 saturated heterocycles. The van der Waals surface area contributed by atoms with Gasteiger partial charge in [-0.25, -0.2) is 4.79 Å². The third-order valence-corrected chi connectivity index (χ3v) is 0.754. The minimum atomic E-state index is -5.08. The van der Waals surface area contributed by atoms with Gasteiger partial charge in [-0.15, -0.1) is 0 Å². The van der Waals surface area contributed by atoms with Gasteiger partial charge in [-0.1, -0.05) is 13.3 Å². The maximum absolute atomic E-state index is 10.6. The second kappa shape index (κ2) is 9.27. The Labute approximate surface area is 73.3 Å². The predicted octanol–water partition coefficient (Wildman–Crippen LogP) is 0.587. The summed E-state index contributed by atoms with van der Waals surface area (Å²) in [7, 11) is 0. The van der Waals surface area contributed by atoms with Gasteiger partial charge in [0, 0.05) is 6.61 Å². The van der Waals surface area contributed by atoms with Crippen molar-refractivity contribution in [3.8, 4) is 0 Å². The van der Waals surface area contributed by atoms with Crippen LogP contribution in [-0.2, 0) is 4.79 Å². The maximum atomic E-state index is 10.6. The van der Waals surface area contributed by atoms with E-state index in [9.17, 15) is 13.2 Å². The fourth-order valence-corrected chi connectivity index (χ4v) is 0.158. The molecule has 4 nitrogen and oxygen atoms in total. The van der Waals surface area contributed by atoms with Crippen LogP contribution in [0.2, 0.25) is 0 Å². The molecule has 0 bridgehead atoms. The molecular weight excluding hydrogens is 193 g/mol. The van der Waals surface area contributed by atoms with Gasteiger partial charge < -0.3 is 15.7 Å². The molecule has 0 aromatic heterocycles. The van der Waals surface area contributed by atoms with Gasteiger partial charge in [0.05, 0.1) is 0 Å². The minimum Gasteiger partial charge on any atom is -0.475 e. The first-order valence-corrected chi connectivity index (χ1v) is 3.27. The van der Waals surface area contributed by atoms with E-state index < -0.39 is 12.1 Å². The number of aliphatic hydroxyl groups excluding tert-OH is 1. The number of rotatable bonds is 2. The van der Waals surface area contributed by atoms with Crippen LogP contribution in [0.3, 0.4) is 0 Å². The molecule has 0 aliphatic rings. The molecule has 0 spiro atoms. The van der Waals surface area contributed by atoms with E-state index in [-0.39, 0.29) is 5.48 Å². The van der Waals surface area contributed by atoms with E-state index in [0.29, 0.717) is 6.61 Å². The van der Waals surface area contributed by atoms with Crippen LogP contribution >= 0.6 is 0 Å². The number of hydrogen-bond donors (Lipinski definition) is 2. The zero-order valence-corrected chi connectivity index (χ0v) is 7.06. The molecule has 0 amide bonds. The Hall–Kier alpha value is -0.820. The molecule has 82 valence electrons. The first-order chi connectivity index (χ1) is 5.36. The Morgan fingerprint density at radius 2 is 1.69 bits per heavy atom. The molecule has 0 saturated carbocycles. The smallest absolute Gasteiger partial charge is 0.475 e. The molecule has 0 atom stereocenters. The third kappa shape index (κ3) is 18.3. The van der Waals surface area contributed by atoms with Crippen LogP contribution in [-0.4, -0.2) is 34.4 Å². The summed E-state index contributed by atoms with van der Waals surface area (Å²) in [5.41, 5.74) is 0. The highest BCUT2D eigenvalue weighted by Crippen LogP contribution is 2.13. The third-order valence-electron chi connectivity index (χ3n) is 0.754. The quantitative estimate of drug-likeness (QED) is 0.692. The fourth-order valence-electron chi connectivity index (χ4n) is 0.158. The van der Waals surface area contributed by atoms with Crippen molar-refractivity contribution >= 4 is 5.97 Å². The molecular formula is C6H13F3O4. The first-order valence-electron chi connectivity index (χ1n) is 3.27. The predicted molar refractivity (Wildman–Crippen MR) is 39.3 cm³/mol. The lowest BCUT2D eigenvalue weighted by Crippen LogP contribution is -2.21. The Bertz CT molecular complexity index is 122. The molecule has 0 unspecified atom stereocenters. The number of unbranched alkanes of at least 4 members (excludes halogenated alkanes) is 1. The highest BCUT2D eigenvalue weighted by atomic mass is 19.4. The Balaban J connectivity index is -0.000000150. The van der Waals surface area contributed by atoms with Gasteiger partial charge in [-0.2, -0.15) is 13.2 Å². The number of aliphatic hydroxyl groups is 1. The normalized spacial score (nSPS) is 9.31. The van der Waals surface area contributed by atoms with Crippen LogP contribution in [0, 0.1) is 0 Å². The van der Waals surface area contributed by atoms with Crippen LogP contribution in [0.4, 0.5) is 13.2 Å². The number of carboxylic acid groups (broad SMARTS) is 1. The van der Waals surface area contributed by atoms with Crippen molar-refractivity contribution in [2.75, 3.05) is 6.61 Å². The molecule has 0 aliphatic carbocycles. The van der Waals surface area contributed by atoms with Crippen LogP contribution in [0.5, 0.6) is 0 Å². The molecule has 13 heavy (non-hydrogen) atoms. The number of aliphatic carboxylic acids is 1. The van der Waals surface area contributed by atoms with Gasteiger partial charge in [0.1, 0.15) is 0 Å². The van der Waals surface area contributed by atoms with Crippen molar-refractivity contribution in [2.24, 2.45) is 0 Å². The molecule has 7 heteroatoms. The zero-order chi connectivity index (χ0) is 10.2. The van der Waals surface area contributed by atoms with E-state index in [1.165, 1.54) is 0 Å². The average Bonchev–Trinajstić information content (AvgIpc) is 1.88. The Morgan fingerprint density at radius 1 is 1.38 bits per heavy atom. The molecule has 0 rings (SSSR count). The fraction of sp³-hybridized carbons (Fsp3) is 0.833. The second-order valence-corrected chi connectivity index (χ2v) is 1.88. The van der Waals surface area contributed by atoms with Gasteiger partial charge in [0.15, 0.2) is 0 Å². The van der Waals surface area contributed by atoms with E-state index in [4.69, 9.17) is 15.0 Å². The van der Waals surface area contributed by atoms with Crippen molar-refractivity contribution in [1.29, 1.82) is 0 Å². The number of carbonyl (C=O) groups is 1. The summed E-state index contributed by atoms with van der Waals surface area (Å²) in [6.07, 6.45) is -3.05. The topological polar surface area (TPSA) is 89.0 Å². The highest BCUT2D eigenvalue weighted by molar-refractivity contribution is 5.73. The van der Waals surface area contributed by atoms with Crippen molar-refractivity contribution in [1.82, 2.24) is 0 Å². The lowest BCUT2D eigenvalue weighted by Gasteiger charge is -1.93. The largest absolute Gasteiger partial charge is 0.490 e. The summed E-state index contributed by atoms with van der Waals surface area (Å²) in [6, 6.07) is 0. The zero-order valence-electron chi connectivity index (χ0n) is 7.06. The second-order valence-electron chi connectivity index (χ2n) is 1.88. The molecule has 0 radical (unpaired) electrons. The van der Waals surface area contributed by atoms with E-state index in [1.54, 1.807) is 0 Å². The summed E-state index contributed by atoms with van der Waals surface area (Å²) in [6.45, 7) is 2.40. The lowest BCUT2D eigenvalue weighted by molar-refractivity contribution is -0.192. The molecule has 0 aromatic rings. The number of carboxylic acids is 1. The van der Waals surface area contributed by atoms with Crippen LogP contribution < -0.4 is 0 Å². The van der Waals surface area contributed by atoms with Crippen LogP contribution in [0.25, 0.3) is 0 Å². The average molecular weight is 206 g/mol.